The topological polar surface area (TPSA) is 68.0 Å². The summed E-state index contributed by atoms with van der Waals surface area (Å²) in [6, 6.07) is 8.65. The Hall–Kier alpha value is -3.00. The molecule has 0 unspecified atom stereocenters. The minimum absolute atomic E-state index is 0.0359. The van der Waals surface area contributed by atoms with Gasteiger partial charge in [-0.2, -0.15) is 10.2 Å². The standard InChI is InChI=1S/C24H31FN6O/c1-5-21-16(2)23(30(4)27-21)24(32)26-19-10-12-31(13-11-19)15-20-14-22(28-29(20)3)17-6-8-18(25)9-7-17/h6-9,14,19H,5,10-13,15H2,1-4H3,(H,26,32). The number of halogens is 1. The van der Waals surface area contributed by atoms with Crippen molar-refractivity contribution >= 4 is 5.91 Å². The molecule has 1 N–H and O–H groups in total. The molecule has 4 rings (SSSR count). The summed E-state index contributed by atoms with van der Waals surface area (Å²) < 4.78 is 16.8. The van der Waals surface area contributed by atoms with Crippen LogP contribution < -0.4 is 5.32 Å². The first-order valence-electron chi connectivity index (χ1n) is 11.2. The maximum atomic E-state index is 13.2. The Labute approximate surface area is 188 Å². The highest BCUT2D eigenvalue weighted by molar-refractivity contribution is 5.94. The van der Waals surface area contributed by atoms with E-state index in [4.69, 9.17) is 0 Å². The molecule has 3 aromatic rings. The number of likely N-dealkylation sites (tertiary alicyclic amines) is 1. The lowest BCUT2D eigenvalue weighted by molar-refractivity contribution is 0.0898. The Kier molecular flexibility index (Phi) is 6.41. The highest BCUT2D eigenvalue weighted by atomic mass is 19.1. The number of aryl methyl sites for hydroxylation is 3. The van der Waals surface area contributed by atoms with Crippen molar-refractivity contribution in [1.82, 2.24) is 29.8 Å². The van der Waals surface area contributed by atoms with Crippen LogP contribution in [0.4, 0.5) is 4.39 Å². The van der Waals surface area contributed by atoms with Gasteiger partial charge in [-0.3, -0.25) is 19.1 Å². The molecule has 1 aromatic carbocycles. The molecule has 1 amide bonds. The smallest absolute Gasteiger partial charge is 0.270 e. The SMILES string of the molecule is CCc1nn(C)c(C(=O)NC2CCN(Cc3cc(-c4ccc(F)cc4)nn3C)CC2)c1C. The molecule has 1 saturated heterocycles. The molecule has 3 heterocycles. The minimum Gasteiger partial charge on any atom is -0.348 e. The molecule has 1 aliphatic rings. The van der Waals surface area contributed by atoms with Crippen molar-refractivity contribution in [3.63, 3.8) is 0 Å². The van der Waals surface area contributed by atoms with Crippen LogP contribution >= 0.6 is 0 Å². The fourth-order valence-electron chi connectivity index (χ4n) is 4.47. The summed E-state index contributed by atoms with van der Waals surface area (Å²) in [5.74, 6) is -0.282. The van der Waals surface area contributed by atoms with Crippen molar-refractivity contribution in [3.05, 3.63) is 58.8 Å². The first-order chi connectivity index (χ1) is 15.4. The Morgan fingerprint density at radius 1 is 1.12 bits per heavy atom. The molecule has 0 radical (unpaired) electrons. The number of piperidine rings is 1. The number of benzene rings is 1. The molecule has 7 nitrogen and oxygen atoms in total. The lowest BCUT2D eigenvalue weighted by Gasteiger charge is -2.32. The van der Waals surface area contributed by atoms with Crippen molar-refractivity contribution in [2.24, 2.45) is 14.1 Å². The zero-order chi connectivity index (χ0) is 22.8. The van der Waals surface area contributed by atoms with Gasteiger partial charge in [0.25, 0.3) is 5.91 Å². The molecule has 0 spiro atoms. The first kappa shape index (κ1) is 22.2. The number of nitrogens with one attached hydrogen (secondary N) is 1. The molecular weight excluding hydrogens is 407 g/mol. The normalized spacial score (nSPS) is 15.3. The van der Waals surface area contributed by atoms with E-state index in [1.54, 1.807) is 16.8 Å². The molecular formula is C24H31FN6O. The van der Waals surface area contributed by atoms with Gasteiger partial charge in [0.15, 0.2) is 0 Å². The summed E-state index contributed by atoms with van der Waals surface area (Å²) >= 11 is 0. The van der Waals surface area contributed by atoms with Gasteiger partial charge in [-0.1, -0.05) is 6.92 Å². The number of hydrogen-bond donors (Lipinski definition) is 1. The number of hydrogen-bond acceptors (Lipinski definition) is 4. The summed E-state index contributed by atoms with van der Waals surface area (Å²) in [5, 5.41) is 12.3. The van der Waals surface area contributed by atoms with Crippen molar-refractivity contribution < 1.29 is 9.18 Å². The predicted molar refractivity (Wildman–Crippen MR) is 122 cm³/mol. The van der Waals surface area contributed by atoms with Gasteiger partial charge in [-0.15, -0.1) is 0 Å². The van der Waals surface area contributed by atoms with Crippen LogP contribution in [0.1, 0.15) is 47.2 Å². The fraction of sp³-hybridized carbons (Fsp3) is 0.458. The van der Waals surface area contributed by atoms with Crippen LogP contribution in [0.2, 0.25) is 0 Å². The second-order valence-corrected chi connectivity index (χ2v) is 8.57. The number of aromatic nitrogens is 4. The van der Waals surface area contributed by atoms with Gasteiger partial charge in [0, 0.05) is 50.9 Å². The van der Waals surface area contributed by atoms with E-state index in [1.165, 1.54) is 12.1 Å². The van der Waals surface area contributed by atoms with Gasteiger partial charge in [-0.05, 0) is 56.5 Å². The Morgan fingerprint density at radius 3 is 2.44 bits per heavy atom. The monoisotopic (exact) mass is 438 g/mol. The summed E-state index contributed by atoms with van der Waals surface area (Å²) in [4.78, 5) is 15.2. The summed E-state index contributed by atoms with van der Waals surface area (Å²) in [6.07, 6.45) is 2.64. The number of nitrogens with zero attached hydrogens (tertiary/aromatic N) is 5. The van der Waals surface area contributed by atoms with Crippen molar-refractivity contribution in [2.75, 3.05) is 13.1 Å². The molecule has 32 heavy (non-hydrogen) atoms. The van der Waals surface area contributed by atoms with Crippen LogP contribution in [-0.4, -0.2) is 49.5 Å². The van der Waals surface area contributed by atoms with Gasteiger partial charge in [0.05, 0.1) is 17.1 Å². The molecule has 1 aliphatic heterocycles. The molecule has 0 saturated carbocycles. The minimum atomic E-state index is -0.246. The predicted octanol–water partition coefficient (Wildman–Crippen LogP) is 3.22. The number of carbonyl (C=O) groups excluding carboxylic acids is 1. The third-order valence-electron chi connectivity index (χ3n) is 6.36. The molecule has 2 aromatic heterocycles. The summed E-state index contributed by atoms with van der Waals surface area (Å²) in [7, 11) is 3.77. The average molecular weight is 439 g/mol. The highest BCUT2D eigenvalue weighted by Gasteiger charge is 2.25. The van der Waals surface area contributed by atoms with E-state index in [9.17, 15) is 9.18 Å². The average Bonchev–Trinajstić information content (AvgIpc) is 3.28. The molecule has 0 atom stereocenters. The first-order valence-corrected chi connectivity index (χ1v) is 11.2. The molecule has 8 heteroatoms. The number of amides is 1. The van der Waals surface area contributed by atoms with Gasteiger partial charge in [0.1, 0.15) is 11.5 Å². The summed E-state index contributed by atoms with van der Waals surface area (Å²) in [6.45, 7) is 6.64. The second-order valence-electron chi connectivity index (χ2n) is 8.57. The highest BCUT2D eigenvalue weighted by Crippen LogP contribution is 2.21. The Morgan fingerprint density at radius 2 is 1.81 bits per heavy atom. The third kappa shape index (κ3) is 4.60. The summed E-state index contributed by atoms with van der Waals surface area (Å²) in [5.41, 5.74) is 5.48. The van der Waals surface area contributed by atoms with Gasteiger partial charge in [0.2, 0.25) is 0 Å². The zero-order valence-electron chi connectivity index (χ0n) is 19.2. The van der Waals surface area contributed by atoms with Crippen LogP contribution in [-0.2, 0) is 27.1 Å². The maximum absolute atomic E-state index is 13.2. The molecule has 170 valence electrons. The second kappa shape index (κ2) is 9.24. The van der Waals surface area contributed by atoms with Crippen LogP contribution in [0.15, 0.2) is 30.3 Å². The van der Waals surface area contributed by atoms with Crippen LogP contribution in [0.25, 0.3) is 11.3 Å². The lowest BCUT2D eigenvalue weighted by atomic mass is 10.0. The van der Waals surface area contributed by atoms with Crippen molar-refractivity contribution in [1.29, 1.82) is 0 Å². The van der Waals surface area contributed by atoms with Gasteiger partial charge >= 0.3 is 0 Å². The van der Waals surface area contributed by atoms with Crippen LogP contribution in [0.5, 0.6) is 0 Å². The van der Waals surface area contributed by atoms with E-state index < -0.39 is 0 Å². The van der Waals surface area contributed by atoms with Gasteiger partial charge in [-0.25, -0.2) is 4.39 Å². The zero-order valence-corrected chi connectivity index (χ0v) is 19.2. The fourth-order valence-corrected chi connectivity index (χ4v) is 4.47. The van der Waals surface area contributed by atoms with Gasteiger partial charge < -0.3 is 5.32 Å². The van der Waals surface area contributed by atoms with Crippen molar-refractivity contribution in [3.8, 4) is 11.3 Å². The largest absolute Gasteiger partial charge is 0.348 e. The van der Waals surface area contributed by atoms with Crippen LogP contribution in [0, 0.1) is 12.7 Å². The van der Waals surface area contributed by atoms with E-state index >= 15 is 0 Å². The lowest BCUT2D eigenvalue weighted by Crippen LogP contribution is -2.45. The van der Waals surface area contributed by atoms with E-state index in [0.717, 1.165) is 67.1 Å². The van der Waals surface area contributed by atoms with E-state index in [0.29, 0.717) is 5.69 Å². The quantitative estimate of drug-likeness (QED) is 0.642. The van der Waals surface area contributed by atoms with E-state index in [-0.39, 0.29) is 17.8 Å². The molecule has 0 bridgehead atoms. The molecule has 0 aliphatic carbocycles. The van der Waals surface area contributed by atoms with Crippen molar-refractivity contribution in [2.45, 2.75) is 45.7 Å². The van der Waals surface area contributed by atoms with Crippen LogP contribution in [0.3, 0.4) is 0 Å². The Bertz CT molecular complexity index is 1090. The Balaban J connectivity index is 1.33. The number of rotatable bonds is 6. The van der Waals surface area contributed by atoms with E-state index in [1.807, 2.05) is 25.7 Å². The maximum Gasteiger partial charge on any atom is 0.270 e. The molecule has 1 fully saturated rings. The third-order valence-corrected chi connectivity index (χ3v) is 6.36. The number of carbonyl (C=O) groups is 1. The van der Waals surface area contributed by atoms with E-state index in [2.05, 4.69) is 33.4 Å².